The second kappa shape index (κ2) is 16.6. The fraction of sp³-hybridized carbons (Fsp3) is 0.609. The first-order chi connectivity index (χ1) is 14.6. The SMILES string of the molecule is CC(=O)NC(C)C(=O)NC(CSC/C=C(\C)CC/C=C(\C)CCC=C(C)C)C(=O)NO. The van der Waals surface area contributed by atoms with Gasteiger partial charge in [-0.05, 0) is 60.3 Å². The minimum Gasteiger partial charge on any atom is -0.345 e. The standard InChI is InChI=1S/C23H39N3O4S/c1-16(2)9-7-10-17(3)11-8-12-18(4)13-14-31-15-21(23(29)26-30)25-22(28)19(5)24-20(6)27/h9,11,13,19,21,30H,7-8,10,12,14-15H2,1-6H3,(H,24,27)(H,25,28)(H,26,29)/b17-11+,18-13+. The molecule has 4 N–H and O–H groups in total. The Morgan fingerprint density at radius 2 is 1.45 bits per heavy atom. The van der Waals surface area contributed by atoms with Gasteiger partial charge in [0.15, 0.2) is 0 Å². The number of allylic oxidation sites excluding steroid dienone is 5. The molecule has 0 aliphatic carbocycles. The van der Waals surface area contributed by atoms with Crippen LogP contribution < -0.4 is 16.1 Å². The van der Waals surface area contributed by atoms with Crippen molar-refractivity contribution in [2.45, 2.75) is 79.3 Å². The van der Waals surface area contributed by atoms with Crippen LogP contribution in [0.2, 0.25) is 0 Å². The molecule has 2 atom stereocenters. The molecule has 0 aromatic rings. The van der Waals surface area contributed by atoms with E-state index in [1.807, 2.05) is 0 Å². The van der Waals surface area contributed by atoms with E-state index in [4.69, 9.17) is 5.21 Å². The predicted molar refractivity (Wildman–Crippen MR) is 128 cm³/mol. The Hall–Kier alpha value is -2.06. The molecule has 7 nitrogen and oxygen atoms in total. The van der Waals surface area contributed by atoms with Crippen molar-refractivity contribution < 1.29 is 19.6 Å². The number of rotatable bonds is 14. The van der Waals surface area contributed by atoms with Gasteiger partial charge in [0.25, 0.3) is 5.91 Å². The van der Waals surface area contributed by atoms with Gasteiger partial charge in [0.05, 0.1) is 0 Å². The Kier molecular flexibility index (Phi) is 15.5. The minimum atomic E-state index is -0.890. The van der Waals surface area contributed by atoms with Gasteiger partial charge in [0.1, 0.15) is 12.1 Å². The molecule has 176 valence electrons. The third-order valence-corrected chi connectivity index (χ3v) is 5.48. The molecule has 31 heavy (non-hydrogen) atoms. The van der Waals surface area contributed by atoms with Crippen LogP contribution >= 0.6 is 11.8 Å². The molecule has 3 amide bonds. The summed E-state index contributed by atoms with van der Waals surface area (Å²) >= 11 is 1.48. The van der Waals surface area contributed by atoms with Gasteiger partial charge in [-0.15, -0.1) is 0 Å². The average Bonchev–Trinajstić information content (AvgIpc) is 2.68. The van der Waals surface area contributed by atoms with Gasteiger partial charge in [-0.2, -0.15) is 11.8 Å². The van der Waals surface area contributed by atoms with Gasteiger partial charge in [-0.3, -0.25) is 19.6 Å². The first-order valence-electron chi connectivity index (χ1n) is 10.6. The maximum absolute atomic E-state index is 12.1. The molecule has 8 heteroatoms. The van der Waals surface area contributed by atoms with Crippen LogP contribution in [0.25, 0.3) is 0 Å². The number of hydrogen-bond donors (Lipinski definition) is 4. The molecule has 0 aromatic carbocycles. The molecule has 0 heterocycles. The largest absolute Gasteiger partial charge is 0.345 e. The molecule has 0 rings (SSSR count). The quantitative estimate of drug-likeness (QED) is 0.139. The lowest BCUT2D eigenvalue weighted by Gasteiger charge is -2.19. The first-order valence-corrected chi connectivity index (χ1v) is 11.8. The van der Waals surface area contributed by atoms with E-state index < -0.39 is 23.9 Å². The van der Waals surface area contributed by atoms with Crippen LogP contribution in [0, 0.1) is 0 Å². The molecule has 0 aliphatic heterocycles. The number of thioether (sulfide) groups is 1. The topological polar surface area (TPSA) is 108 Å². The summed E-state index contributed by atoms with van der Waals surface area (Å²) in [4.78, 5) is 35.0. The van der Waals surface area contributed by atoms with Gasteiger partial charge in [-0.1, -0.05) is 34.9 Å². The van der Waals surface area contributed by atoms with Crippen LogP contribution in [-0.2, 0) is 14.4 Å². The molecule has 0 aliphatic rings. The molecular formula is C23H39N3O4S. The molecule has 0 aromatic heterocycles. The lowest BCUT2D eigenvalue weighted by atomic mass is 10.1. The molecule has 0 saturated carbocycles. The van der Waals surface area contributed by atoms with E-state index in [1.54, 1.807) is 5.48 Å². The Balaban J connectivity index is 4.43. The Morgan fingerprint density at radius 1 is 0.871 bits per heavy atom. The van der Waals surface area contributed by atoms with E-state index in [-0.39, 0.29) is 5.91 Å². The predicted octanol–water partition coefficient (Wildman–Crippen LogP) is 3.65. The van der Waals surface area contributed by atoms with E-state index in [2.05, 4.69) is 56.6 Å². The number of amides is 3. The summed E-state index contributed by atoms with van der Waals surface area (Å²) in [6.45, 7) is 11.3. The van der Waals surface area contributed by atoms with E-state index in [0.717, 1.165) is 25.7 Å². The monoisotopic (exact) mass is 453 g/mol. The van der Waals surface area contributed by atoms with Gasteiger partial charge < -0.3 is 10.6 Å². The van der Waals surface area contributed by atoms with Crippen molar-refractivity contribution in [3.63, 3.8) is 0 Å². The summed E-state index contributed by atoms with van der Waals surface area (Å²) in [5, 5.41) is 13.9. The van der Waals surface area contributed by atoms with Crippen LogP contribution in [0.1, 0.15) is 67.2 Å². The van der Waals surface area contributed by atoms with E-state index in [9.17, 15) is 14.4 Å². The molecule has 0 spiro atoms. The van der Waals surface area contributed by atoms with Crippen molar-refractivity contribution in [2.24, 2.45) is 0 Å². The summed E-state index contributed by atoms with van der Waals surface area (Å²) < 4.78 is 0. The van der Waals surface area contributed by atoms with Crippen molar-refractivity contribution in [1.29, 1.82) is 0 Å². The van der Waals surface area contributed by atoms with Crippen molar-refractivity contribution in [1.82, 2.24) is 16.1 Å². The fourth-order valence-electron chi connectivity index (χ4n) is 2.65. The smallest absolute Gasteiger partial charge is 0.266 e. The zero-order valence-corrected chi connectivity index (χ0v) is 20.5. The maximum Gasteiger partial charge on any atom is 0.266 e. The lowest BCUT2D eigenvalue weighted by Crippen LogP contribution is -2.53. The Morgan fingerprint density at radius 3 is 2.00 bits per heavy atom. The van der Waals surface area contributed by atoms with Crippen molar-refractivity contribution in [3.05, 3.63) is 34.9 Å². The third kappa shape index (κ3) is 15.4. The molecule has 0 fully saturated rings. The second-order valence-electron chi connectivity index (χ2n) is 7.96. The number of carbonyl (C=O) groups is 3. The Labute approximate surface area is 191 Å². The number of hydroxylamine groups is 1. The summed E-state index contributed by atoms with van der Waals surface area (Å²) in [5.74, 6) is -0.508. The van der Waals surface area contributed by atoms with Crippen LogP contribution in [-0.4, -0.2) is 46.5 Å². The normalized spacial score (nSPS) is 13.8. The summed E-state index contributed by atoms with van der Waals surface area (Å²) in [5.41, 5.74) is 5.61. The zero-order chi connectivity index (χ0) is 23.8. The molecule has 0 radical (unpaired) electrons. The summed E-state index contributed by atoms with van der Waals surface area (Å²) in [6, 6.07) is -1.66. The average molecular weight is 454 g/mol. The highest BCUT2D eigenvalue weighted by atomic mass is 32.2. The van der Waals surface area contributed by atoms with Crippen molar-refractivity contribution >= 4 is 29.5 Å². The lowest BCUT2D eigenvalue weighted by molar-refractivity contribution is -0.135. The van der Waals surface area contributed by atoms with Crippen LogP contribution in [0.5, 0.6) is 0 Å². The Bertz CT molecular complexity index is 682. The van der Waals surface area contributed by atoms with E-state index in [0.29, 0.717) is 11.5 Å². The third-order valence-electron chi connectivity index (χ3n) is 4.51. The van der Waals surface area contributed by atoms with E-state index in [1.165, 1.54) is 42.3 Å². The van der Waals surface area contributed by atoms with Crippen LogP contribution in [0.3, 0.4) is 0 Å². The number of nitrogens with one attached hydrogen (secondary N) is 3. The van der Waals surface area contributed by atoms with Gasteiger partial charge >= 0.3 is 0 Å². The maximum atomic E-state index is 12.1. The fourth-order valence-corrected chi connectivity index (χ4v) is 3.66. The van der Waals surface area contributed by atoms with Gasteiger partial charge in [0, 0.05) is 18.4 Å². The van der Waals surface area contributed by atoms with Crippen LogP contribution in [0.4, 0.5) is 0 Å². The molecule has 0 bridgehead atoms. The van der Waals surface area contributed by atoms with Gasteiger partial charge in [0.2, 0.25) is 11.8 Å². The molecular weight excluding hydrogens is 414 g/mol. The number of hydrogen-bond acceptors (Lipinski definition) is 5. The summed E-state index contributed by atoms with van der Waals surface area (Å²) in [7, 11) is 0. The minimum absolute atomic E-state index is 0.304. The highest BCUT2D eigenvalue weighted by molar-refractivity contribution is 7.99. The first kappa shape index (κ1) is 28.9. The van der Waals surface area contributed by atoms with Crippen LogP contribution in [0.15, 0.2) is 34.9 Å². The molecule has 0 saturated heterocycles. The highest BCUT2D eigenvalue weighted by Gasteiger charge is 2.23. The number of carbonyl (C=O) groups excluding carboxylic acids is 3. The van der Waals surface area contributed by atoms with Gasteiger partial charge in [-0.25, -0.2) is 5.48 Å². The summed E-state index contributed by atoms with van der Waals surface area (Å²) in [6.07, 6.45) is 10.8. The second-order valence-corrected chi connectivity index (χ2v) is 9.03. The highest BCUT2D eigenvalue weighted by Crippen LogP contribution is 2.13. The van der Waals surface area contributed by atoms with E-state index >= 15 is 0 Å². The zero-order valence-electron chi connectivity index (χ0n) is 19.7. The molecule has 2 unspecified atom stereocenters. The van der Waals surface area contributed by atoms with Crippen molar-refractivity contribution in [3.8, 4) is 0 Å². The van der Waals surface area contributed by atoms with Crippen molar-refractivity contribution in [2.75, 3.05) is 11.5 Å².